The lowest BCUT2D eigenvalue weighted by Crippen LogP contribution is -2.39. The van der Waals surface area contributed by atoms with Gasteiger partial charge >= 0.3 is 0 Å². The monoisotopic (exact) mass is 552 g/mol. The van der Waals surface area contributed by atoms with Crippen molar-refractivity contribution >= 4 is 34.5 Å². The predicted octanol–water partition coefficient (Wildman–Crippen LogP) is 4.04. The van der Waals surface area contributed by atoms with Crippen LogP contribution in [0.4, 0.5) is 10.1 Å². The van der Waals surface area contributed by atoms with E-state index in [-0.39, 0.29) is 11.6 Å². The fraction of sp³-hybridized carbons (Fsp3) is 0.500. The number of nitrogens with zero attached hydrogens (tertiary/aromatic N) is 1. The van der Waals surface area contributed by atoms with Gasteiger partial charge in [-0.05, 0) is 55.0 Å². The number of halogens is 2. The number of carbonyl (C=O) groups is 1. The van der Waals surface area contributed by atoms with E-state index in [1.165, 1.54) is 18.9 Å². The Bertz CT molecular complexity index is 958. The summed E-state index contributed by atoms with van der Waals surface area (Å²) in [4.78, 5) is 17.4. The van der Waals surface area contributed by atoms with Crippen molar-refractivity contribution < 1.29 is 14.3 Å². The summed E-state index contributed by atoms with van der Waals surface area (Å²) in [5, 5.41) is 16.2. The molecule has 1 aromatic heterocycles. The molecule has 6 nitrogen and oxygen atoms in total. The first-order valence-electron chi connectivity index (χ1n) is 11.2. The number of benzene rings is 1. The van der Waals surface area contributed by atoms with Crippen LogP contribution in [-0.2, 0) is 10.3 Å². The maximum absolute atomic E-state index is 14.7. The minimum atomic E-state index is -0.898. The molecule has 2 aromatic rings. The van der Waals surface area contributed by atoms with Crippen LogP contribution in [0.3, 0.4) is 0 Å². The molecule has 2 unspecified atom stereocenters. The molecule has 172 valence electrons. The Morgan fingerprint density at radius 3 is 2.81 bits per heavy atom. The van der Waals surface area contributed by atoms with Crippen LogP contribution in [0.1, 0.15) is 56.7 Å². The Morgan fingerprint density at radius 1 is 1.38 bits per heavy atom. The molecule has 2 heterocycles. The van der Waals surface area contributed by atoms with Crippen molar-refractivity contribution in [2.45, 2.75) is 62.6 Å². The van der Waals surface area contributed by atoms with Crippen LogP contribution in [-0.4, -0.2) is 34.2 Å². The Kier molecular flexibility index (Phi) is 7.14. The number of aliphatic hydroxyl groups is 1. The molecule has 1 aromatic carbocycles. The standard InChI is InChI=1S/C24H30FIN4O2/c1-2-23(32)14-20(28-15-23)22(31)29-19-13-17(8-9-18(19)25)24(30-26,11-10-16-6-7-16)21-5-3-4-12-27-21/h3-5,8-9,12-13,16,20,28,30,32H,2,6-7,10-11,14-15H2,1H3,(H,29,31)/t20-,23?,24?/m1/s1. The van der Waals surface area contributed by atoms with Gasteiger partial charge in [-0.25, -0.2) is 7.92 Å². The number of anilines is 1. The largest absolute Gasteiger partial charge is 0.388 e. The quantitative estimate of drug-likeness (QED) is 0.279. The molecule has 1 saturated carbocycles. The second kappa shape index (κ2) is 9.70. The summed E-state index contributed by atoms with van der Waals surface area (Å²) in [6, 6.07) is 10.1. The number of pyridine rings is 1. The van der Waals surface area contributed by atoms with Gasteiger partial charge in [-0.2, -0.15) is 0 Å². The van der Waals surface area contributed by atoms with Crippen molar-refractivity contribution in [2.75, 3.05) is 11.9 Å². The molecule has 1 aliphatic heterocycles. The van der Waals surface area contributed by atoms with E-state index in [0.29, 0.717) is 19.4 Å². The molecule has 0 radical (unpaired) electrons. The first-order chi connectivity index (χ1) is 15.4. The van der Waals surface area contributed by atoms with E-state index in [9.17, 15) is 14.3 Å². The van der Waals surface area contributed by atoms with Crippen LogP contribution in [0.15, 0.2) is 42.6 Å². The number of nitrogens with one attached hydrogen (secondary N) is 3. The highest BCUT2D eigenvalue weighted by molar-refractivity contribution is 14.1. The molecule has 1 amide bonds. The van der Waals surface area contributed by atoms with Crippen LogP contribution >= 0.6 is 22.9 Å². The number of hydrogen-bond acceptors (Lipinski definition) is 5. The van der Waals surface area contributed by atoms with Gasteiger partial charge in [0.15, 0.2) is 0 Å². The second-order valence-electron chi connectivity index (χ2n) is 9.10. The summed E-state index contributed by atoms with van der Waals surface area (Å²) in [5.41, 5.74) is 0.368. The van der Waals surface area contributed by atoms with Gasteiger partial charge in [0.2, 0.25) is 5.91 Å². The van der Waals surface area contributed by atoms with E-state index < -0.39 is 23.0 Å². The molecule has 1 aliphatic carbocycles. The predicted molar refractivity (Wildman–Crippen MR) is 131 cm³/mol. The molecule has 0 spiro atoms. The zero-order chi connectivity index (χ0) is 22.8. The highest BCUT2D eigenvalue weighted by Gasteiger charge is 2.40. The maximum Gasteiger partial charge on any atom is 0.241 e. The second-order valence-corrected chi connectivity index (χ2v) is 9.64. The topological polar surface area (TPSA) is 86.3 Å². The van der Waals surface area contributed by atoms with Crippen LogP contribution < -0.4 is 14.2 Å². The fourth-order valence-electron chi connectivity index (χ4n) is 4.41. The van der Waals surface area contributed by atoms with Crippen molar-refractivity contribution in [3.05, 3.63) is 59.7 Å². The van der Waals surface area contributed by atoms with Crippen LogP contribution in [0.5, 0.6) is 0 Å². The first kappa shape index (κ1) is 23.5. The maximum atomic E-state index is 14.7. The number of hydrogen-bond donors (Lipinski definition) is 4. The summed E-state index contributed by atoms with van der Waals surface area (Å²) in [5.74, 6) is -0.0982. The molecule has 4 rings (SSSR count). The van der Waals surface area contributed by atoms with Gasteiger partial charge < -0.3 is 15.7 Å². The molecule has 2 aliphatic rings. The van der Waals surface area contributed by atoms with Crippen molar-refractivity contribution in [3.8, 4) is 0 Å². The van der Waals surface area contributed by atoms with Gasteiger partial charge in [0.05, 0.1) is 28.6 Å². The van der Waals surface area contributed by atoms with Gasteiger partial charge in [0.25, 0.3) is 0 Å². The first-order valence-corrected chi connectivity index (χ1v) is 12.3. The average molecular weight is 552 g/mol. The number of carbonyl (C=O) groups excluding carboxylic acids is 1. The van der Waals surface area contributed by atoms with Gasteiger partial charge in [0, 0.05) is 42.0 Å². The minimum absolute atomic E-state index is 0.139. The van der Waals surface area contributed by atoms with Crippen LogP contribution in [0.2, 0.25) is 0 Å². The summed E-state index contributed by atoms with van der Waals surface area (Å²) < 4.78 is 18.2. The lowest BCUT2D eigenvalue weighted by Gasteiger charge is -2.33. The molecule has 3 atom stereocenters. The molecular weight excluding hydrogens is 522 g/mol. The summed E-state index contributed by atoms with van der Waals surface area (Å²) in [6.07, 6.45) is 7.01. The van der Waals surface area contributed by atoms with Crippen molar-refractivity contribution in [1.29, 1.82) is 0 Å². The Morgan fingerprint density at radius 2 is 2.19 bits per heavy atom. The molecule has 4 N–H and O–H groups in total. The van der Waals surface area contributed by atoms with E-state index in [1.54, 1.807) is 18.3 Å². The zero-order valence-corrected chi connectivity index (χ0v) is 20.4. The summed E-state index contributed by atoms with van der Waals surface area (Å²) >= 11 is 2.15. The number of rotatable bonds is 9. The van der Waals surface area contributed by atoms with E-state index in [4.69, 9.17) is 0 Å². The smallest absolute Gasteiger partial charge is 0.241 e. The van der Waals surface area contributed by atoms with E-state index in [0.717, 1.165) is 30.0 Å². The number of aromatic nitrogens is 1. The van der Waals surface area contributed by atoms with E-state index in [2.05, 4.69) is 42.0 Å². The SMILES string of the molecule is CCC1(O)CN[C@@H](C(=O)Nc2cc(C(CCC3CC3)(NI)c3ccccn3)ccc2F)C1. The molecule has 32 heavy (non-hydrogen) atoms. The van der Waals surface area contributed by atoms with Crippen molar-refractivity contribution in [1.82, 2.24) is 13.8 Å². The average Bonchev–Trinajstić information content (AvgIpc) is 3.56. The van der Waals surface area contributed by atoms with Gasteiger partial charge in [-0.15, -0.1) is 0 Å². The molecular formula is C24H30FIN4O2. The highest BCUT2D eigenvalue weighted by atomic mass is 127. The lowest BCUT2D eigenvalue weighted by molar-refractivity contribution is -0.118. The van der Waals surface area contributed by atoms with E-state index in [1.807, 2.05) is 25.1 Å². The van der Waals surface area contributed by atoms with Crippen molar-refractivity contribution in [3.63, 3.8) is 0 Å². The normalized spacial score (nSPS) is 24.8. The Balaban J connectivity index is 1.62. The molecule has 2 fully saturated rings. The van der Waals surface area contributed by atoms with Crippen molar-refractivity contribution in [2.24, 2.45) is 5.92 Å². The molecule has 1 saturated heterocycles. The summed E-state index contributed by atoms with van der Waals surface area (Å²) in [6.45, 7) is 2.24. The minimum Gasteiger partial charge on any atom is -0.388 e. The van der Waals surface area contributed by atoms with Crippen LogP contribution in [0, 0.1) is 11.7 Å². The third-order valence-corrected chi connectivity index (χ3v) is 7.76. The zero-order valence-electron chi connectivity index (χ0n) is 18.2. The van der Waals surface area contributed by atoms with Gasteiger partial charge in [-0.1, -0.05) is 31.9 Å². The van der Waals surface area contributed by atoms with Gasteiger partial charge in [-0.3, -0.25) is 9.78 Å². The van der Waals surface area contributed by atoms with Crippen LogP contribution in [0.25, 0.3) is 0 Å². The number of β-amino-alcohol motifs (C(OH)–C–C–N with tert-alkyl or cyclic N) is 1. The highest BCUT2D eigenvalue weighted by Crippen LogP contribution is 2.42. The number of amides is 1. The Labute approximate surface area is 202 Å². The molecule has 8 heteroatoms. The molecule has 0 bridgehead atoms. The van der Waals surface area contributed by atoms with E-state index >= 15 is 0 Å². The third-order valence-electron chi connectivity index (χ3n) is 6.84. The third kappa shape index (κ3) is 4.98. The summed E-state index contributed by atoms with van der Waals surface area (Å²) in [7, 11) is 0. The fourth-order valence-corrected chi connectivity index (χ4v) is 5.27. The Hall–Kier alpha value is -1.62. The lowest BCUT2D eigenvalue weighted by atomic mass is 9.82. The van der Waals surface area contributed by atoms with Gasteiger partial charge in [0.1, 0.15) is 5.82 Å².